The van der Waals surface area contributed by atoms with E-state index in [2.05, 4.69) is 9.80 Å². The largest absolute Gasteiger partial charge is 0.503 e. The molecule has 2 aliphatic heterocycles. The molecule has 2 saturated heterocycles. The number of rotatable bonds is 5. The van der Waals surface area contributed by atoms with Crippen molar-refractivity contribution in [3.8, 4) is 11.5 Å². The molecule has 6 heteroatoms. The van der Waals surface area contributed by atoms with Gasteiger partial charge < -0.3 is 14.7 Å². The Morgan fingerprint density at radius 2 is 2.17 bits per heavy atom. The molecule has 3 rings (SSSR count). The Morgan fingerprint density at radius 3 is 2.88 bits per heavy atom. The maximum absolute atomic E-state index is 12.0. The fourth-order valence-electron chi connectivity index (χ4n) is 3.73. The molecule has 0 aliphatic carbocycles. The summed E-state index contributed by atoms with van der Waals surface area (Å²) in [6, 6.07) is 3.98. The summed E-state index contributed by atoms with van der Waals surface area (Å²) in [5.41, 5.74) is 1.02. The smallest absolute Gasteiger partial charge is 0.222 e. The van der Waals surface area contributed by atoms with Gasteiger partial charge in [-0.2, -0.15) is 0 Å². The molecule has 0 saturated carbocycles. The fourth-order valence-corrected chi connectivity index (χ4v) is 3.96. The highest BCUT2D eigenvalue weighted by Gasteiger charge is 2.31. The molecule has 5 nitrogen and oxygen atoms in total. The summed E-state index contributed by atoms with van der Waals surface area (Å²) >= 11 is 6.12. The maximum atomic E-state index is 12.0. The van der Waals surface area contributed by atoms with Gasteiger partial charge in [0.25, 0.3) is 0 Å². The highest BCUT2D eigenvalue weighted by molar-refractivity contribution is 6.32. The van der Waals surface area contributed by atoms with Crippen molar-refractivity contribution in [1.29, 1.82) is 0 Å². The first-order valence-corrected chi connectivity index (χ1v) is 9.12. The van der Waals surface area contributed by atoms with E-state index in [0.29, 0.717) is 35.7 Å². The van der Waals surface area contributed by atoms with Gasteiger partial charge in [-0.3, -0.25) is 9.69 Å². The van der Waals surface area contributed by atoms with Crippen LogP contribution in [0.1, 0.15) is 38.2 Å². The molecule has 0 spiro atoms. The number of phenols is 1. The van der Waals surface area contributed by atoms with Crippen LogP contribution in [0.15, 0.2) is 12.1 Å². The molecule has 2 aliphatic rings. The van der Waals surface area contributed by atoms with Gasteiger partial charge in [0.15, 0.2) is 11.5 Å². The molecule has 2 fully saturated rings. The number of aromatic hydroxyl groups is 1. The van der Waals surface area contributed by atoms with Crippen molar-refractivity contribution in [3.63, 3.8) is 0 Å². The highest BCUT2D eigenvalue weighted by Crippen LogP contribution is 2.36. The Morgan fingerprint density at radius 1 is 1.33 bits per heavy atom. The van der Waals surface area contributed by atoms with E-state index in [1.807, 2.05) is 13.0 Å². The number of halogens is 1. The van der Waals surface area contributed by atoms with Gasteiger partial charge in [-0.15, -0.1) is 0 Å². The third-order valence-electron chi connectivity index (χ3n) is 4.83. The van der Waals surface area contributed by atoms with Crippen LogP contribution in [-0.2, 0) is 11.3 Å². The van der Waals surface area contributed by atoms with E-state index in [4.69, 9.17) is 16.3 Å². The van der Waals surface area contributed by atoms with E-state index >= 15 is 0 Å². The molecule has 0 bridgehead atoms. The van der Waals surface area contributed by atoms with Crippen molar-refractivity contribution in [2.45, 2.75) is 45.2 Å². The van der Waals surface area contributed by atoms with Crippen LogP contribution >= 0.6 is 11.6 Å². The normalized spacial score (nSPS) is 22.2. The highest BCUT2D eigenvalue weighted by atomic mass is 35.5. The van der Waals surface area contributed by atoms with Crippen LogP contribution in [0.3, 0.4) is 0 Å². The van der Waals surface area contributed by atoms with E-state index in [-0.39, 0.29) is 5.75 Å². The molecule has 1 atom stereocenters. The predicted molar refractivity (Wildman–Crippen MR) is 93.5 cm³/mol. The predicted octanol–water partition coefficient (Wildman–Crippen LogP) is 3.03. The lowest BCUT2D eigenvalue weighted by Crippen LogP contribution is -2.48. The van der Waals surface area contributed by atoms with Gasteiger partial charge in [0.05, 0.1) is 11.6 Å². The van der Waals surface area contributed by atoms with Gasteiger partial charge in [-0.1, -0.05) is 11.6 Å². The number of ether oxygens (including phenoxy) is 1. The Balaban J connectivity index is 1.68. The summed E-state index contributed by atoms with van der Waals surface area (Å²) in [6.07, 6.45) is 3.86. The van der Waals surface area contributed by atoms with Crippen LogP contribution in [0.2, 0.25) is 5.02 Å². The first-order chi connectivity index (χ1) is 11.6. The topological polar surface area (TPSA) is 53.0 Å². The second-order valence-corrected chi connectivity index (χ2v) is 6.99. The minimum Gasteiger partial charge on any atom is -0.503 e. The second kappa shape index (κ2) is 7.62. The number of carbonyl (C=O) groups is 1. The van der Waals surface area contributed by atoms with Crippen molar-refractivity contribution >= 4 is 17.5 Å². The lowest BCUT2D eigenvalue weighted by Gasteiger charge is -2.37. The monoisotopic (exact) mass is 352 g/mol. The average molecular weight is 353 g/mol. The van der Waals surface area contributed by atoms with E-state index in [9.17, 15) is 9.90 Å². The molecule has 0 unspecified atom stereocenters. The zero-order valence-electron chi connectivity index (χ0n) is 14.1. The molecule has 0 aromatic heterocycles. The van der Waals surface area contributed by atoms with E-state index in [1.54, 1.807) is 6.07 Å². The zero-order chi connectivity index (χ0) is 17.1. The minimum atomic E-state index is 0.00134. The average Bonchev–Trinajstić information content (AvgIpc) is 2.99. The Hall–Kier alpha value is -1.46. The van der Waals surface area contributed by atoms with Crippen molar-refractivity contribution in [2.24, 2.45) is 0 Å². The van der Waals surface area contributed by atoms with E-state index < -0.39 is 0 Å². The van der Waals surface area contributed by atoms with Gasteiger partial charge in [0, 0.05) is 32.1 Å². The summed E-state index contributed by atoms with van der Waals surface area (Å²) in [5.74, 6) is 0.734. The van der Waals surface area contributed by atoms with E-state index in [0.717, 1.165) is 51.0 Å². The lowest BCUT2D eigenvalue weighted by atomic mass is 10.0. The number of likely N-dealkylation sites (tertiary alicyclic amines) is 2. The van der Waals surface area contributed by atoms with Crippen LogP contribution in [0.4, 0.5) is 0 Å². The number of piperidine rings is 1. The number of hydrogen-bond donors (Lipinski definition) is 1. The summed E-state index contributed by atoms with van der Waals surface area (Å²) < 4.78 is 5.46. The van der Waals surface area contributed by atoms with Gasteiger partial charge in [0.2, 0.25) is 5.91 Å². The standard InChI is InChI=1S/C18H25ClN2O3/c1-2-24-16-10-13(9-15(19)18(16)23)11-20-7-3-5-14(12-20)21-8-4-6-17(21)22/h9-10,14,23H,2-8,11-12H2,1H3/t14-/m1/s1. The first-order valence-electron chi connectivity index (χ1n) is 8.74. The number of benzene rings is 1. The molecular weight excluding hydrogens is 328 g/mol. The quantitative estimate of drug-likeness (QED) is 0.885. The van der Waals surface area contributed by atoms with Gasteiger partial charge in [-0.05, 0) is 50.4 Å². The van der Waals surface area contributed by atoms with Crippen LogP contribution in [-0.4, -0.2) is 53.1 Å². The second-order valence-electron chi connectivity index (χ2n) is 6.58. The van der Waals surface area contributed by atoms with Crippen LogP contribution in [0, 0.1) is 0 Å². The van der Waals surface area contributed by atoms with Crippen molar-refractivity contribution in [2.75, 3.05) is 26.2 Å². The Kier molecular flexibility index (Phi) is 5.51. The number of nitrogens with zero attached hydrogens (tertiary/aromatic N) is 2. The number of phenolic OH excluding ortho intramolecular Hbond substituents is 1. The number of hydrogen-bond acceptors (Lipinski definition) is 4. The Labute approximate surface area is 148 Å². The molecule has 1 amide bonds. The minimum absolute atomic E-state index is 0.00134. The zero-order valence-corrected chi connectivity index (χ0v) is 14.9. The lowest BCUT2D eigenvalue weighted by molar-refractivity contribution is -0.130. The van der Waals surface area contributed by atoms with Crippen molar-refractivity contribution in [1.82, 2.24) is 9.80 Å². The summed E-state index contributed by atoms with van der Waals surface area (Å²) in [5, 5.41) is 10.3. The molecule has 1 N–H and O–H groups in total. The van der Waals surface area contributed by atoms with Gasteiger partial charge >= 0.3 is 0 Å². The third-order valence-corrected chi connectivity index (χ3v) is 5.11. The first kappa shape index (κ1) is 17.4. The molecule has 132 valence electrons. The molecule has 0 radical (unpaired) electrons. The van der Waals surface area contributed by atoms with Crippen LogP contribution in [0.25, 0.3) is 0 Å². The van der Waals surface area contributed by atoms with Crippen LogP contribution in [0.5, 0.6) is 11.5 Å². The molecular formula is C18H25ClN2O3. The fraction of sp³-hybridized carbons (Fsp3) is 0.611. The van der Waals surface area contributed by atoms with Crippen molar-refractivity contribution < 1.29 is 14.6 Å². The molecule has 1 aromatic carbocycles. The van der Waals surface area contributed by atoms with Crippen molar-refractivity contribution in [3.05, 3.63) is 22.7 Å². The molecule has 1 aromatic rings. The summed E-state index contributed by atoms with van der Waals surface area (Å²) in [4.78, 5) is 16.4. The Bertz CT molecular complexity index is 608. The number of amides is 1. The maximum Gasteiger partial charge on any atom is 0.222 e. The summed E-state index contributed by atoms with van der Waals surface area (Å²) in [6.45, 7) is 5.92. The van der Waals surface area contributed by atoms with Gasteiger partial charge in [0.1, 0.15) is 0 Å². The van der Waals surface area contributed by atoms with Gasteiger partial charge in [-0.25, -0.2) is 0 Å². The SMILES string of the molecule is CCOc1cc(CN2CCC[C@@H](N3CCCC3=O)C2)cc(Cl)c1O. The van der Waals surface area contributed by atoms with Crippen LogP contribution < -0.4 is 4.74 Å². The third kappa shape index (κ3) is 3.78. The number of carbonyl (C=O) groups excluding carboxylic acids is 1. The molecule has 24 heavy (non-hydrogen) atoms. The summed E-state index contributed by atoms with van der Waals surface area (Å²) in [7, 11) is 0. The van der Waals surface area contributed by atoms with E-state index in [1.165, 1.54) is 0 Å². The molecule has 2 heterocycles.